The van der Waals surface area contributed by atoms with Gasteiger partial charge in [-0.3, -0.25) is 9.69 Å². The lowest BCUT2D eigenvalue weighted by Crippen LogP contribution is -2.53. The van der Waals surface area contributed by atoms with Gasteiger partial charge >= 0.3 is 0 Å². The van der Waals surface area contributed by atoms with Crippen LogP contribution in [0.4, 0.5) is 0 Å². The number of hydrogen-bond donors (Lipinski definition) is 0. The van der Waals surface area contributed by atoms with Gasteiger partial charge in [0.2, 0.25) is 5.91 Å². The Morgan fingerprint density at radius 3 is 2.34 bits per heavy atom. The molecule has 0 bridgehead atoms. The van der Waals surface area contributed by atoms with Crippen molar-refractivity contribution in [3.63, 3.8) is 0 Å². The maximum absolute atomic E-state index is 13.9. The molecule has 1 heterocycles. The number of nitrogens with zero attached hydrogens (tertiary/aromatic N) is 2. The van der Waals surface area contributed by atoms with Crippen molar-refractivity contribution < 1.29 is 9.53 Å². The van der Waals surface area contributed by atoms with E-state index in [0.29, 0.717) is 12.1 Å². The Bertz CT molecular complexity index is 994. The van der Waals surface area contributed by atoms with E-state index in [1.54, 1.807) is 7.11 Å². The monoisotopic (exact) mass is 430 g/mol. The van der Waals surface area contributed by atoms with Crippen molar-refractivity contribution in [2.45, 2.75) is 50.6 Å². The van der Waals surface area contributed by atoms with Crippen molar-refractivity contribution in [2.24, 2.45) is 5.92 Å². The van der Waals surface area contributed by atoms with Crippen LogP contribution in [0.5, 0.6) is 5.75 Å². The van der Waals surface area contributed by atoms with Gasteiger partial charge in [-0.25, -0.2) is 0 Å². The van der Waals surface area contributed by atoms with Gasteiger partial charge in [-0.2, -0.15) is 0 Å². The van der Waals surface area contributed by atoms with E-state index in [0.717, 1.165) is 28.9 Å². The first-order valence-electron chi connectivity index (χ1n) is 12.1. The lowest BCUT2D eigenvalue weighted by atomic mass is 9.88. The minimum atomic E-state index is -0.157. The smallest absolute Gasteiger partial charge is 0.234 e. The summed E-state index contributed by atoms with van der Waals surface area (Å²) in [5, 5.41) is 0. The molecule has 0 spiro atoms. The third-order valence-corrected chi connectivity index (χ3v) is 7.65. The van der Waals surface area contributed by atoms with Gasteiger partial charge in [0, 0.05) is 19.1 Å². The summed E-state index contributed by atoms with van der Waals surface area (Å²) in [5.74, 6) is 0.920. The number of likely N-dealkylation sites (tertiary alicyclic amines) is 1. The zero-order valence-electron chi connectivity index (χ0n) is 19.3. The highest BCUT2D eigenvalue weighted by molar-refractivity contribution is 6.23. The first-order chi connectivity index (χ1) is 15.7. The number of hydrogen-bond acceptors (Lipinski definition) is 3. The minimum Gasteiger partial charge on any atom is -0.497 e. The van der Waals surface area contributed by atoms with Crippen molar-refractivity contribution >= 4 is 17.1 Å². The number of benzene rings is 2. The van der Waals surface area contributed by atoms with Crippen LogP contribution in [0.1, 0.15) is 49.7 Å². The Morgan fingerprint density at radius 1 is 0.906 bits per heavy atom. The summed E-state index contributed by atoms with van der Waals surface area (Å²) in [6.07, 6.45) is 7.43. The van der Waals surface area contributed by atoms with Crippen LogP contribution in [0.15, 0.2) is 54.6 Å². The molecule has 1 aliphatic heterocycles. The van der Waals surface area contributed by atoms with Crippen molar-refractivity contribution in [2.75, 3.05) is 27.2 Å². The molecular weight excluding hydrogens is 396 g/mol. The predicted octanol–water partition coefficient (Wildman–Crippen LogP) is 5.10. The second-order valence-corrected chi connectivity index (χ2v) is 9.47. The van der Waals surface area contributed by atoms with E-state index in [2.05, 4.69) is 46.2 Å². The number of methoxy groups -OCH3 is 1. The molecule has 0 N–H and O–H groups in total. The van der Waals surface area contributed by atoms with Crippen LogP contribution in [-0.2, 0) is 4.79 Å². The van der Waals surface area contributed by atoms with E-state index in [4.69, 9.17) is 4.74 Å². The van der Waals surface area contributed by atoms with Crippen LogP contribution < -0.4 is 4.74 Å². The standard InChI is InChI=1S/C28H34N2O2/c1-29(23-15-6-7-16-24(23)30-17-8-9-18-30)28(31)27-25(20-11-4-3-5-12-20)26(27)21-13-10-14-22(19-21)32-2/h3-5,10-14,19,23-24,27H,6-9,15-18H2,1-2H3/t23-,24-,27?/m0/s1. The van der Waals surface area contributed by atoms with E-state index >= 15 is 0 Å². The van der Waals surface area contributed by atoms with E-state index < -0.39 is 0 Å². The van der Waals surface area contributed by atoms with Crippen molar-refractivity contribution in [1.29, 1.82) is 0 Å². The zero-order chi connectivity index (χ0) is 22.1. The molecule has 1 saturated heterocycles. The molecule has 1 saturated carbocycles. The second-order valence-electron chi connectivity index (χ2n) is 9.47. The molecular formula is C28H34N2O2. The quantitative estimate of drug-likeness (QED) is 0.639. The highest BCUT2D eigenvalue weighted by atomic mass is 16.5. The summed E-state index contributed by atoms with van der Waals surface area (Å²) in [6.45, 7) is 2.38. The number of ether oxygens (including phenoxy) is 1. The second kappa shape index (κ2) is 9.11. The van der Waals surface area contributed by atoms with Gasteiger partial charge in [-0.05, 0) is 73.2 Å². The van der Waals surface area contributed by atoms with Crippen molar-refractivity contribution in [3.05, 3.63) is 65.7 Å². The van der Waals surface area contributed by atoms with E-state index in [-0.39, 0.29) is 11.8 Å². The molecule has 4 heteroatoms. The third kappa shape index (κ3) is 3.97. The minimum absolute atomic E-state index is 0.157. The molecule has 168 valence electrons. The summed E-state index contributed by atoms with van der Waals surface area (Å²) in [4.78, 5) is 18.7. The molecule has 4 nitrogen and oxygen atoms in total. The fourth-order valence-corrected chi connectivity index (χ4v) is 5.93. The fraction of sp³-hybridized carbons (Fsp3) is 0.464. The molecule has 0 aromatic heterocycles. The maximum Gasteiger partial charge on any atom is 0.234 e. The van der Waals surface area contributed by atoms with Crippen molar-refractivity contribution in [3.8, 4) is 5.75 Å². The molecule has 32 heavy (non-hydrogen) atoms. The average Bonchev–Trinajstić information content (AvgIpc) is 3.36. The van der Waals surface area contributed by atoms with E-state index in [9.17, 15) is 4.79 Å². The first-order valence-corrected chi connectivity index (χ1v) is 12.1. The molecule has 2 aliphatic carbocycles. The largest absolute Gasteiger partial charge is 0.497 e. The highest BCUT2D eigenvalue weighted by Gasteiger charge is 2.47. The highest BCUT2D eigenvalue weighted by Crippen LogP contribution is 2.54. The Hall–Kier alpha value is -2.59. The zero-order valence-corrected chi connectivity index (χ0v) is 19.3. The molecule has 1 amide bonds. The van der Waals surface area contributed by atoms with Gasteiger partial charge in [0.05, 0.1) is 13.0 Å². The first kappa shape index (κ1) is 21.3. The van der Waals surface area contributed by atoms with E-state index in [1.165, 1.54) is 50.8 Å². The van der Waals surface area contributed by atoms with E-state index in [1.807, 2.05) is 25.2 Å². The summed E-state index contributed by atoms with van der Waals surface area (Å²) in [5.41, 5.74) is 4.57. The molecule has 5 rings (SSSR count). The number of likely N-dealkylation sites (N-methyl/N-ethyl adjacent to an activating group) is 1. The van der Waals surface area contributed by atoms with Crippen LogP contribution in [0, 0.1) is 5.92 Å². The third-order valence-electron chi connectivity index (χ3n) is 7.65. The van der Waals surface area contributed by atoms with Gasteiger partial charge in [0.25, 0.3) is 0 Å². The predicted molar refractivity (Wildman–Crippen MR) is 129 cm³/mol. The van der Waals surface area contributed by atoms with Gasteiger partial charge in [-0.15, -0.1) is 0 Å². The molecule has 3 atom stereocenters. The van der Waals surface area contributed by atoms with Crippen LogP contribution in [0.3, 0.4) is 0 Å². The maximum atomic E-state index is 13.9. The van der Waals surface area contributed by atoms with Crippen LogP contribution >= 0.6 is 0 Å². The Labute approximate surface area is 191 Å². The van der Waals surface area contributed by atoms with Gasteiger partial charge in [0.1, 0.15) is 5.75 Å². The summed E-state index contributed by atoms with van der Waals surface area (Å²) >= 11 is 0. The summed E-state index contributed by atoms with van der Waals surface area (Å²) in [7, 11) is 3.74. The summed E-state index contributed by atoms with van der Waals surface area (Å²) < 4.78 is 5.46. The topological polar surface area (TPSA) is 32.8 Å². The lowest BCUT2D eigenvalue weighted by molar-refractivity contribution is -0.134. The molecule has 2 aromatic rings. The van der Waals surface area contributed by atoms with Gasteiger partial charge in [-0.1, -0.05) is 55.3 Å². The summed E-state index contributed by atoms with van der Waals surface area (Å²) in [6, 6.07) is 19.3. The molecule has 2 aromatic carbocycles. The van der Waals surface area contributed by atoms with Crippen LogP contribution in [0.2, 0.25) is 0 Å². The molecule has 2 fully saturated rings. The Kier molecular flexibility index (Phi) is 6.05. The average molecular weight is 431 g/mol. The Morgan fingerprint density at radius 2 is 1.59 bits per heavy atom. The normalized spacial score (nSPS) is 25.6. The lowest BCUT2D eigenvalue weighted by Gasteiger charge is -2.42. The van der Waals surface area contributed by atoms with Crippen LogP contribution in [-0.4, -0.2) is 55.0 Å². The number of carbonyl (C=O) groups is 1. The number of carbonyl (C=O) groups excluding carboxylic acids is 1. The number of rotatable bonds is 6. The Balaban J connectivity index is 1.42. The van der Waals surface area contributed by atoms with Gasteiger partial charge in [0.15, 0.2) is 0 Å². The molecule has 0 radical (unpaired) electrons. The van der Waals surface area contributed by atoms with Crippen LogP contribution in [0.25, 0.3) is 11.1 Å². The number of amides is 1. The van der Waals surface area contributed by atoms with Crippen molar-refractivity contribution in [1.82, 2.24) is 9.80 Å². The fourth-order valence-electron chi connectivity index (χ4n) is 5.93. The molecule has 3 aliphatic rings. The SMILES string of the molecule is COc1cccc(C2=C(c3ccccc3)C2C(=O)N(C)[C@H]2CCCC[C@@H]2N2CCCC2)c1. The van der Waals surface area contributed by atoms with Gasteiger partial charge < -0.3 is 9.64 Å². The molecule has 1 unspecified atom stereocenters.